The molecule has 0 aromatic heterocycles. The van der Waals surface area contributed by atoms with Crippen LogP contribution in [0.1, 0.15) is 87.5 Å². The number of unbranched alkanes of at least 4 members (excludes halogenated alkanes) is 1. The second kappa shape index (κ2) is 12.4. The molecule has 0 amide bonds. The van der Waals surface area contributed by atoms with E-state index in [1.807, 2.05) is 0 Å². The first-order chi connectivity index (χ1) is 15.5. The van der Waals surface area contributed by atoms with Crippen LogP contribution in [0.2, 0.25) is 0 Å². The fraction of sp³-hybridized carbons (Fsp3) is 0.548. The molecule has 1 heteroatoms. The Morgan fingerprint density at radius 2 is 1.72 bits per heavy atom. The van der Waals surface area contributed by atoms with Crippen LogP contribution in [0.4, 0.5) is 0 Å². The van der Waals surface area contributed by atoms with Gasteiger partial charge in [0.05, 0.1) is 0 Å². The summed E-state index contributed by atoms with van der Waals surface area (Å²) in [5.41, 5.74) is 7.13. The number of hydrogen-bond acceptors (Lipinski definition) is 1. The van der Waals surface area contributed by atoms with Crippen LogP contribution in [0.3, 0.4) is 0 Å². The number of rotatable bonds is 13. The third-order valence-electron chi connectivity index (χ3n) is 7.57. The van der Waals surface area contributed by atoms with Crippen molar-refractivity contribution in [1.29, 1.82) is 0 Å². The van der Waals surface area contributed by atoms with Gasteiger partial charge in [-0.15, -0.1) is 0 Å². The monoisotopic (exact) mass is 431 g/mol. The number of nitrogens with zero attached hydrogens (tertiary/aromatic N) is 1. The first-order valence-electron chi connectivity index (χ1n) is 13.0. The van der Waals surface area contributed by atoms with Gasteiger partial charge in [-0.25, -0.2) is 0 Å². The fourth-order valence-electron chi connectivity index (χ4n) is 4.93. The Balaban J connectivity index is 1.55. The first kappa shape index (κ1) is 24.8. The molecule has 0 bridgehead atoms. The molecule has 1 heterocycles. The van der Waals surface area contributed by atoms with Crippen molar-refractivity contribution >= 4 is 0 Å². The maximum Gasteiger partial charge on any atom is 0.0180 e. The van der Waals surface area contributed by atoms with E-state index in [1.165, 1.54) is 79.4 Å². The molecule has 32 heavy (non-hydrogen) atoms. The molecule has 1 aliphatic rings. The Hall–Kier alpha value is -1.86. The Bertz CT molecular complexity index is 817. The van der Waals surface area contributed by atoms with E-state index in [1.54, 1.807) is 0 Å². The standard InChI is InChI=1S/C31H45N/c1-6-8-9-27-13-15-28(16-14-27)22-26(5)12-19-31-30(29-17-10-25(4)11-18-29)23-32(31)21-20-24(3)7-2/h10-11,13-18,24,30-31H,5-9,12,19-23H2,1-4H3/t24-,30+,31?/m0/s1. The van der Waals surface area contributed by atoms with Crippen molar-refractivity contribution in [3.8, 4) is 0 Å². The minimum atomic E-state index is 0.662. The molecule has 3 rings (SSSR count). The van der Waals surface area contributed by atoms with E-state index in [-0.39, 0.29) is 0 Å². The molecule has 174 valence electrons. The summed E-state index contributed by atoms with van der Waals surface area (Å²) in [4.78, 5) is 2.74. The van der Waals surface area contributed by atoms with Gasteiger partial charge in [-0.05, 0) is 74.6 Å². The van der Waals surface area contributed by atoms with E-state index in [2.05, 4.69) is 87.7 Å². The number of allylic oxidation sites excluding steroid dienone is 1. The molecule has 0 aliphatic carbocycles. The van der Waals surface area contributed by atoms with E-state index in [4.69, 9.17) is 0 Å². The smallest absolute Gasteiger partial charge is 0.0180 e. The quantitative estimate of drug-likeness (QED) is 0.289. The SMILES string of the molecule is C=C(CCC1[C@@H](c2ccc(C)cc2)CN1CC[C@@H](C)CC)Cc1ccc(CCCC)cc1. The first-order valence-corrected chi connectivity index (χ1v) is 13.0. The van der Waals surface area contributed by atoms with Gasteiger partial charge in [0.2, 0.25) is 0 Å². The molecular weight excluding hydrogens is 386 g/mol. The fourth-order valence-corrected chi connectivity index (χ4v) is 4.93. The molecule has 0 spiro atoms. The van der Waals surface area contributed by atoms with Crippen molar-refractivity contribution in [1.82, 2.24) is 4.90 Å². The van der Waals surface area contributed by atoms with E-state index in [0.717, 1.165) is 18.8 Å². The summed E-state index contributed by atoms with van der Waals surface area (Å²) in [5, 5.41) is 0. The molecule has 2 aromatic carbocycles. The minimum absolute atomic E-state index is 0.662. The van der Waals surface area contributed by atoms with Gasteiger partial charge < -0.3 is 0 Å². The molecular formula is C31H45N. The van der Waals surface area contributed by atoms with Crippen LogP contribution in [0, 0.1) is 12.8 Å². The summed E-state index contributed by atoms with van der Waals surface area (Å²) >= 11 is 0. The normalized spacial score (nSPS) is 19.5. The summed E-state index contributed by atoms with van der Waals surface area (Å²) in [6.07, 6.45) is 9.72. The highest BCUT2D eigenvalue weighted by Gasteiger charge is 2.38. The third-order valence-corrected chi connectivity index (χ3v) is 7.57. The second-order valence-corrected chi connectivity index (χ2v) is 10.3. The zero-order valence-corrected chi connectivity index (χ0v) is 21.1. The van der Waals surface area contributed by atoms with Gasteiger partial charge in [0, 0.05) is 18.5 Å². The van der Waals surface area contributed by atoms with Crippen LogP contribution < -0.4 is 0 Å². The zero-order chi connectivity index (χ0) is 22.9. The average molecular weight is 432 g/mol. The Kier molecular flexibility index (Phi) is 9.60. The molecule has 0 radical (unpaired) electrons. The van der Waals surface area contributed by atoms with Gasteiger partial charge in [-0.3, -0.25) is 4.90 Å². The topological polar surface area (TPSA) is 3.24 Å². The second-order valence-electron chi connectivity index (χ2n) is 10.3. The molecule has 3 atom stereocenters. The molecule has 0 N–H and O–H groups in total. The zero-order valence-electron chi connectivity index (χ0n) is 21.1. The largest absolute Gasteiger partial charge is 0.299 e. The third kappa shape index (κ3) is 7.07. The van der Waals surface area contributed by atoms with Gasteiger partial charge in [0.25, 0.3) is 0 Å². The van der Waals surface area contributed by atoms with E-state index < -0.39 is 0 Å². The van der Waals surface area contributed by atoms with Crippen molar-refractivity contribution in [2.24, 2.45) is 5.92 Å². The number of likely N-dealkylation sites (tertiary alicyclic amines) is 1. The van der Waals surface area contributed by atoms with Crippen LogP contribution >= 0.6 is 0 Å². The average Bonchev–Trinajstić information content (AvgIpc) is 2.79. The molecule has 1 fully saturated rings. The lowest BCUT2D eigenvalue weighted by Crippen LogP contribution is -2.54. The van der Waals surface area contributed by atoms with Crippen LogP contribution in [0.5, 0.6) is 0 Å². The number of benzene rings is 2. The van der Waals surface area contributed by atoms with Crippen LogP contribution in [0.15, 0.2) is 60.7 Å². The maximum absolute atomic E-state index is 4.46. The maximum atomic E-state index is 4.46. The van der Waals surface area contributed by atoms with Crippen molar-refractivity contribution in [2.75, 3.05) is 13.1 Å². The Labute approximate surface area is 197 Å². The lowest BCUT2D eigenvalue weighted by atomic mass is 9.79. The summed E-state index contributed by atoms with van der Waals surface area (Å²) in [6.45, 7) is 16.1. The molecule has 1 aliphatic heterocycles. The highest BCUT2D eigenvalue weighted by molar-refractivity contribution is 5.29. The van der Waals surface area contributed by atoms with E-state index in [0.29, 0.717) is 12.0 Å². The van der Waals surface area contributed by atoms with Crippen LogP contribution in [-0.2, 0) is 12.8 Å². The highest BCUT2D eigenvalue weighted by Crippen LogP contribution is 2.38. The summed E-state index contributed by atoms with van der Waals surface area (Å²) < 4.78 is 0. The van der Waals surface area contributed by atoms with Crippen LogP contribution in [0.25, 0.3) is 0 Å². The van der Waals surface area contributed by atoms with E-state index in [9.17, 15) is 0 Å². The van der Waals surface area contributed by atoms with E-state index >= 15 is 0 Å². The minimum Gasteiger partial charge on any atom is -0.299 e. The summed E-state index contributed by atoms with van der Waals surface area (Å²) in [7, 11) is 0. The van der Waals surface area contributed by atoms with Gasteiger partial charge >= 0.3 is 0 Å². The lowest BCUT2D eigenvalue weighted by Gasteiger charge is -2.49. The Morgan fingerprint density at radius 3 is 2.38 bits per heavy atom. The molecule has 1 saturated heterocycles. The summed E-state index contributed by atoms with van der Waals surface area (Å²) in [6, 6.07) is 19.2. The van der Waals surface area contributed by atoms with Gasteiger partial charge in [0.1, 0.15) is 0 Å². The summed E-state index contributed by atoms with van der Waals surface area (Å²) in [5.74, 6) is 1.50. The van der Waals surface area contributed by atoms with Crippen molar-refractivity contribution in [3.05, 3.63) is 82.9 Å². The lowest BCUT2D eigenvalue weighted by molar-refractivity contribution is 0.0479. The van der Waals surface area contributed by atoms with Gasteiger partial charge in [-0.2, -0.15) is 0 Å². The molecule has 1 unspecified atom stereocenters. The highest BCUT2D eigenvalue weighted by atomic mass is 15.2. The number of hydrogen-bond donors (Lipinski definition) is 0. The Morgan fingerprint density at radius 1 is 1.03 bits per heavy atom. The van der Waals surface area contributed by atoms with Gasteiger partial charge in [0.15, 0.2) is 0 Å². The molecule has 2 aromatic rings. The number of aryl methyl sites for hydroxylation is 2. The molecule has 1 nitrogen and oxygen atoms in total. The van der Waals surface area contributed by atoms with Gasteiger partial charge in [-0.1, -0.05) is 99.9 Å². The molecule has 0 saturated carbocycles. The van der Waals surface area contributed by atoms with Crippen LogP contribution in [-0.4, -0.2) is 24.0 Å². The predicted octanol–water partition coefficient (Wildman–Crippen LogP) is 8.12. The van der Waals surface area contributed by atoms with Crippen molar-refractivity contribution in [3.63, 3.8) is 0 Å². The van der Waals surface area contributed by atoms with Crippen molar-refractivity contribution in [2.45, 2.75) is 91.0 Å². The van der Waals surface area contributed by atoms with Crippen molar-refractivity contribution < 1.29 is 0 Å². The predicted molar refractivity (Wildman–Crippen MR) is 140 cm³/mol.